The molecular formula is C17H28N2O. The first-order chi connectivity index (χ1) is 9.51. The van der Waals surface area contributed by atoms with E-state index in [2.05, 4.69) is 37.1 Å². The van der Waals surface area contributed by atoms with Gasteiger partial charge < -0.3 is 9.73 Å². The Labute approximate surface area is 122 Å². The van der Waals surface area contributed by atoms with Crippen LogP contribution in [0.25, 0.3) is 0 Å². The van der Waals surface area contributed by atoms with Gasteiger partial charge in [-0.2, -0.15) is 0 Å². The highest BCUT2D eigenvalue weighted by Crippen LogP contribution is 2.38. The Morgan fingerprint density at radius 3 is 2.60 bits per heavy atom. The fraction of sp³-hybridized carbons (Fsp3) is 0.765. The highest BCUT2D eigenvalue weighted by atomic mass is 16.3. The van der Waals surface area contributed by atoms with E-state index in [0.29, 0.717) is 0 Å². The molecule has 1 aromatic rings. The van der Waals surface area contributed by atoms with E-state index in [-0.39, 0.29) is 5.54 Å². The van der Waals surface area contributed by atoms with Crippen LogP contribution in [0.2, 0.25) is 0 Å². The van der Waals surface area contributed by atoms with Crippen molar-refractivity contribution in [3.63, 3.8) is 0 Å². The SMILES string of the molecule is CC(C)(C)NCc1occc1CN1CC2CCCC2C1. The molecule has 1 saturated heterocycles. The molecule has 2 heterocycles. The van der Waals surface area contributed by atoms with Crippen molar-refractivity contribution in [2.24, 2.45) is 11.8 Å². The number of hydrogen-bond acceptors (Lipinski definition) is 3. The van der Waals surface area contributed by atoms with Crippen molar-refractivity contribution >= 4 is 0 Å². The predicted molar refractivity (Wildman–Crippen MR) is 81.4 cm³/mol. The molecule has 20 heavy (non-hydrogen) atoms. The molecule has 112 valence electrons. The minimum absolute atomic E-state index is 0.134. The van der Waals surface area contributed by atoms with Crippen LogP contribution in [0, 0.1) is 11.8 Å². The summed E-state index contributed by atoms with van der Waals surface area (Å²) in [5.74, 6) is 3.05. The van der Waals surface area contributed by atoms with Crippen LogP contribution in [0.4, 0.5) is 0 Å². The van der Waals surface area contributed by atoms with E-state index >= 15 is 0 Å². The summed E-state index contributed by atoms with van der Waals surface area (Å²) in [5.41, 5.74) is 1.50. The van der Waals surface area contributed by atoms with Gasteiger partial charge in [0.2, 0.25) is 0 Å². The average molecular weight is 276 g/mol. The van der Waals surface area contributed by atoms with Crippen LogP contribution in [0.1, 0.15) is 51.4 Å². The van der Waals surface area contributed by atoms with Crippen LogP contribution < -0.4 is 5.32 Å². The van der Waals surface area contributed by atoms with E-state index in [1.54, 1.807) is 0 Å². The first-order valence-corrected chi connectivity index (χ1v) is 8.04. The third-order valence-electron chi connectivity index (χ3n) is 4.81. The second-order valence-corrected chi connectivity index (χ2v) is 7.62. The lowest BCUT2D eigenvalue weighted by molar-refractivity contribution is 0.298. The number of nitrogens with zero attached hydrogens (tertiary/aromatic N) is 1. The molecule has 0 aromatic carbocycles. The molecule has 2 unspecified atom stereocenters. The molecule has 3 rings (SSSR count). The van der Waals surface area contributed by atoms with Crippen molar-refractivity contribution in [2.45, 2.75) is 58.7 Å². The van der Waals surface area contributed by atoms with Crippen LogP contribution in [0.5, 0.6) is 0 Å². The molecule has 0 spiro atoms. The Morgan fingerprint density at radius 1 is 1.25 bits per heavy atom. The summed E-state index contributed by atoms with van der Waals surface area (Å²) in [6.07, 6.45) is 6.19. The van der Waals surface area contributed by atoms with E-state index in [0.717, 1.165) is 30.7 Å². The molecule has 2 aliphatic rings. The maximum absolute atomic E-state index is 5.68. The van der Waals surface area contributed by atoms with Crippen LogP contribution in [-0.4, -0.2) is 23.5 Å². The zero-order chi connectivity index (χ0) is 14.2. The summed E-state index contributed by atoms with van der Waals surface area (Å²) in [5, 5.41) is 3.52. The third-order valence-corrected chi connectivity index (χ3v) is 4.81. The van der Waals surface area contributed by atoms with E-state index in [4.69, 9.17) is 4.42 Å². The second kappa shape index (κ2) is 5.53. The summed E-state index contributed by atoms with van der Waals surface area (Å²) in [6, 6.07) is 2.15. The molecular weight excluding hydrogens is 248 g/mol. The molecule has 1 aromatic heterocycles. The highest BCUT2D eigenvalue weighted by Gasteiger charge is 2.36. The van der Waals surface area contributed by atoms with Crippen molar-refractivity contribution < 1.29 is 4.42 Å². The average Bonchev–Trinajstić information content (AvgIpc) is 3.01. The summed E-state index contributed by atoms with van der Waals surface area (Å²) in [7, 11) is 0. The number of rotatable bonds is 4. The van der Waals surface area contributed by atoms with Gasteiger partial charge in [0.05, 0.1) is 12.8 Å². The van der Waals surface area contributed by atoms with Gasteiger partial charge in [-0.3, -0.25) is 4.90 Å². The van der Waals surface area contributed by atoms with Crippen molar-refractivity contribution in [3.05, 3.63) is 23.7 Å². The molecule has 1 aliphatic heterocycles. The summed E-state index contributed by atoms with van der Waals surface area (Å²) < 4.78 is 5.68. The van der Waals surface area contributed by atoms with E-state index in [9.17, 15) is 0 Å². The largest absolute Gasteiger partial charge is 0.468 e. The molecule has 2 atom stereocenters. The number of likely N-dealkylation sites (tertiary alicyclic amines) is 1. The fourth-order valence-corrected chi connectivity index (χ4v) is 3.71. The van der Waals surface area contributed by atoms with Crippen LogP contribution in [0.3, 0.4) is 0 Å². The standard InChI is InChI=1S/C17H28N2O/c1-17(2,3)18-9-16-15(7-8-20-16)12-19-10-13-5-4-6-14(13)11-19/h7-8,13-14,18H,4-6,9-12H2,1-3H3. The Morgan fingerprint density at radius 2 is 1.95 bits per heavy atom. The smallest absolute Gasteiger partial charge is 0.122 e. The lowest BCUT2D eigenvalue weighted by Crippen LogP contribution is -2.35. The monoisotopic (exact) mass is 276 g/mol. The molecule has 1 aliphatic carbocycles. The Balaban J connectivity index is 1.57. The first-order valence-electron chi connectivity index (χ1n) is 8.04. The van der Waals surface area contributed by atoms with Crippen molar-refractivity contribution in [1.82, 2.24) is 10.2 Å². The molecule has 3 nitrogen and oxygen atoms in total. The van der Waals surface area contributed by atoms with Crippen LogP contribution in [-0.2, 0) is 13.1 Å². The van der Waals surface area contributed by atoms with Crippen LogP contribution in [0.15, 0.2) is 16.7 Å². The highest BCUT2D eigenvalue weighted by molar-refractivity contribution is 5.17. The van der Waals surface area contributed by atoms with Gasteiger partial charge in [0.1, 0.15) is 5.76 Å². The van der Waals surface area contributed by atoms with Gasteiger partial charge in [0, 0.05) is 30.7 Å². The van der Waals surface area contributed by atoms with Gasteiger partial charge in [-0.05, 0) is 51.5 Å². The lowest BCUT2D eigenvalue weighted by Gasteiger charge is -2.21. The predicted octanol–water partition coefficient (Wildman–Crippen LogP) is 3.40. The van der Waals surface area contributed by atoms with Crippen molar-refractivity contribution in [1.29, 1.82) is 0 Å². The van der Waals surface area contributed by atoms with E-state index in [1.165, 1.54) is 37.9 Å². The fourth-order valence-electron chi connectivity index (χ4n) is 3.71. The number of nitrogens with one attached hydrogen (secondary N) is 1. The van der Waals surface area contributed by atoms with Gasteiger partial charge in [-0.1, -0.05) is 6.42 Å². The summed E-state index contributed by atoms with van der Waals surface area (Å²) in [6.45, 7) is 11.0. The lowest BCUT2D eigenvalue weighted by atomic mass is 10.0. The third kappa shape index (κ3) is 3.26. The topological polar surface area (TPSA) is 28.4 Å². The van der Waals surface area contributed by atoms with E-state index in [1.807, 2.05) is 6.26 Å². The number of hydrogen-bond donors (Lipinski definition) is 1. The minimum atomic E-state index is 0.134. The molecule has 1 saturated carbocycles. The molecule has 0 amide bonds. The van der Waals surface area contributed by atoms with Gasteiger partial charge in [-0.15, -0.1) is 0 Å². The molecule has 1 N–H and O–H groups in total. The van der Waals surface area contributed by atoms with Crippen molar-refractivity contribution in [2.75, 3.05) is 13.1 Å². The Bertz CT molecular complexity index is 434. The maximum Gasteiger partial charge on any atom is 0.122 e. The van der Waals surface area contributed by atoms with Crippen molar-refractivity contribution in [3.8, 4) is 0 Å². The van der Waals surface area contributed by atoms with Gasteiger partial charge in [0.25, 0.3) is 0 Å². The normalized spacial score (nSPS) is 27.1. The number of fused-ring (bicyclic) bond motifs is 1. The van der Waals surface area contributed by atoms with Gasteiger partial charge >= 0.3 is 0 Å². The molecule has 2 fully saturated rings. The summed E-state index contributed by atoms with van der Waals surface area (Å²) in [4.78, 5) is 2.62. The Hall–Kier alpha value is -0.800. The second-order valence-electron chi connectivity index (χ2n) is 7.62. The zero-order valence-corrected chi connectivity index (χ0v) is 13.1. The molecule has 0 bridgehead atoms. The quantitative estimate of drug-likeness (QED) is 0.913. The Kier molecular flexibility index (Phi) is 3.91. The minimum Gasteiger partial charge on any atom is -0.468 e. The molecule has 3 heteroatoms. The first kappa shape index (κ1) is 14.2. The van der Waals surface area contributed by atoms with Gasteiger partial charge in [0.15, 0.2) is 0 Å². The zero-order valence-electron chi connectivity index (χ0n) is 13.1. The van der Waals surface area contributed by atoms with Crippen LogP contribution >= 0.6 is 0 Å². The van der Waals surface area contributed by atoms with Gasteiger partial charge in [-0.25, -0.2) is 0 Å². The summed E-state index contributed by atoms with van der Waals surface area (Å²) >= 11 is 0. The van der Waals surface area contributed by atoms with E-state index < -0.39 is 0 Å². The molecule has 0 radical (unpaired) electrons. The maximum atomic E-state index is 5.68. The number of furan rings is 1.